The van der Waals surface area contributed by atoms with Crippen molar-refractivity contribution in [2.45, 2.75) is 180 Å². The fourth-order valence-corrected chi connectivity index (χ4v) is 13.1. The molecule has 3 fully saturated rings. The van der Waals surface area contributed by atoms with Crippen LogP contribution in [-0.2, 0) is 56.0 Å². The number of carbonyl (C=O) groups excluding carboxylic acids is 4. The summed E-state index contributed by atoms with van der Waals surface area (Å²) in [6.45, 7) is 12.6. The lowest BCUT2D eigenvalue weighted by Gasteiger charge is -2.47. The van der Waals surface area contributed by atoms with E-state index >= 15 is 4.79 Å². The summed E-state index contributed by atoms with van der Waals surface area (Å²) >= 11 is 0. The normalized spacial score (nSPS) is 32.7. The van der Waals surface area contributed by atoms with Gasteiger partial charge in [0.2, 0.25) is 5.79 Å². The Kier molecular flexibility index (Phi) is 20.6. The number of carbonyl (C=O) groups is 4. The van der Waals surface area contributed by atoms with E-state index < -0.39 is 77.8 Å². The van der Waals surface area contributed by atoms with Gasteiger partial charge in [0.1, 0.15) is 47.7 Å². The Morgan fingerprint density at radius 3 is 1.96 bits per heavy atom. The number of aliphatic hydroxyl groups is 3. The van der Waals surface area contributed by atoms with E-state index in [4.69, 9.17) is 33.2 Å². The topological polar surface area (TPSA) is 207 Å². The summed E-state index contributed by atoms with van der Waals surface area (Å²) in [6.07, 6.45) is 8.73. The average Bonchev–Trinajstić information content (AvgIpc) is 4.09. The number of allylic oxidation sites excluding steroid dienone is 3. The molecule has 14 atom stereocenters. The highest BCUT2D eigenvalue weighted by atomic mass is 16.7. The molecule has 2 saturated heterocycles. The number of hydrogen-bond acceptors (Lipinski definition) is 14. The number of esters is 1. The minimum atomic E-state index is -2.54. The minimum Gasteiger partial charge on any atom is -0.490 e. The Morgan fingerprint density at radius 1 is 0.750 bits per heavy atom. The zero-order valence-corrected chi connectivity index (χ0v) is 48.4. The number of fused-ring (bicyclic) bond motifs is 5. The van der Waals surface area contributed by atoms with E-state index in [1.165, 1.54) is 4.90 Å². The molecule has 3 aliphatic heterocycles. The summed E-state index contributed by atoms with van der Waals surface area (Å²) in [7, 11) is 4.78. The number of methoxy groups -OCH3 is 3. The molecule has 2 aromatic carbocycles. The van der Waals surface area contributed by atoms with Crippen LogP contribution in [0.3, 0.4) is 0 Å². The number of cyclic esters (lactones) is 1. The number of benzene rings is 2. The van der Waals surface area contributed by atoms with E-state index in [0.29, 0.717) is 63.8 Å². The Bertz CT molecular complexity index is 2840. The average molecular weight is 1110 g/mol. The number of hydrogen-bond donors (Lipinski definition) is 3. The van der Waals surface area contributed by atoms with Crippen LogP contribution in [0.25, 0.3) is 21.8 Å². The highest BCUT2D eigenvalue weighted by molar-refractivity contribution is 6.39. The maximum Gasteiger partial charge on any atom is 0.329 e. The summed E-state index contributed by atoms with van der Waals surface area (Å²) in [5.74, 6) is -6.22. The van der Waals surface area contributed by atoms with Crippen molar-refractivity contribution in [2.24, 2.45) is 29.6 Å². The van der Waals surface area contributed by atoms with E-state index in [-0.39, 0.29) is 68.8 Å². The lowest BCUT2D eigenvalue weighted by Crippen LogP contribution is -2.64. The second-order valence-corrected chi connectivity index (χ2v) is 23.2. The van der Waals surface area contributed by atoms with Crippen molar-refractivity contribution in [2.75, 3.05) is 41.1 Å². The van der Waals surface area contributed by atoms with Gasteiger partial charge in [-0.3, -0.25) is 14.4 Å². The number of aromatic nitrogens is 2. The number of piperidine rings is 1. The molecule has 5 heterocycles. The Labute approximate surface area is 471 Å². The quantitative estimate of drug-likeness (QED) is 0.0615. The monoisotopic (exact) mass is 1110 g/mol. The summed E-state index contributed by atoms with van der Waals surface area (Å²) in [4.78, 5) is 60.7. The predicted octanol–water partition coefficient (Wildman–Crippen LogP) is 8.54. The van der Waals surface area contributed by atoms with Crippen molar-refractivity contribution in [1.29, 1.82) is 0 Å². The molecular formula is C63H87N3O14. The van der Waals surface area contributed by atoms with Crippen molar-refractivity contribution in [3.8, 4) is 11.5 Å². The molecule has 17 nitrogen and oxygen atoms in total. The van der Waals surface area contributed by atoms with Gasteiger partial charge in [-0.25, -0.2) is 4.79 Å². The van der Waals surface area contributed by atoms with E-state index in [0.717, 1.165) is 45.1 Å². The molecule has 8 rings (SSSR count). The van der Waals surface area contributed by atoms with Gasteiger partial charge < -0.3 is 62.5 Å². The van der Waals surface area contributed by atoms with E-state index in [1.807, 2.05) is 104 Å². The first kappa shape index (κ1) is 60.7. The lowest BCUT2D eigenvalue weighted by atomic mass is 9.81. The minimum absolute atomic E-state index is 0.00357. The van der Waals surface area contributed by atoms with Gasteiger partial charge in [-0.1, -0.05) is 45.4 Å². The van der Waals surface area contributed by atoms with Crippen molar-refractivity contribution in [3.63, 3.8) is 0 Å². The smallest absolute Gasteiger partial charge is 0.329 e. The molecule has 80 heavy (non-hydrogen) atoms. The molecule has 1 saturated carbocycles. The highest BCUT2D eigenvalue weighted by Gasteiger charge is 2.57. The Morgan fingerprint density at radius 2 is 1.36 bits per heavy atom. The van der Waals surface area contributed by atoms with Gasteiger partial charge in [0.05, 0.1) is 31.5 Å². The third-order valence-corrected chi connectivity index (χ3v) is 17.6. The lowest BCUT2D eigenvalue weighted by molar-refractivity contribution is -0.302. The van der Waals surface area contributed by atoms with Crippen molar-refractivity contribution >= 4 is 45.2 Å². The molecular weight excluding hydrogens is 1020 g/mol. The second kappa shape index (κ2) is 27.1. The second-order valence-electron chi connectivity index (χ2n) is 23.2. The van der Waals surface area contributed by atoms with Crippen LogP contribution in [0, 0.1) is 29.6 Å². The Hall–Kier alpha value is -5.40. The number of ketones is 2. The highest BCUT2D eigenvalue weighted by Crippen LogP contribution is 2.40. The summed E-state index contributed by atoms with van der Waals surface area (Å²) in [5, 5.41) is 33.5. The van der Waals surface area contributed by atoms with Crippen LogP contribution < -0.4 is 9.47 Å². The number of nitrogens with zero attached hydrogens (tertiary/aromatic N) is 3. The zero-order valence-electron chi connectivity index (χ0n) is 48.4. The maximum absolute atomic E-state index is 15.2. The van der Waals surface area contributed by atoms with Gasteiger partial charge in [0, 0.05) is 99.3 Å². The van der Waals surface area contributed by atoms with E-state index in [1.54, 1.807) is 28.3 Å². The third-order valence-electron chi connectivity index (χ3n) is 17.6. The van der Waals surface area contributed by atoms with Crippen molar-refractivity contribution < 1.29 is 67.7 Å². The first-order chi connectivity index (χ1) is 38.4. The van der Waals surface area contributed by atoms with Crippen LogP contribution in [0.15, 0.2) is 84.2 Å². The molecule has 4 aliphatic rings. The predicted molar refractivity (Wildman–Crippen MR) is 303 cm³/mol. The first-order valence-electron chi connectivity index (χ1n) is 29.1. The standard InChI is InChI=1S/C63H87N3O14/c1-10-44-30-38(2)29-39(3)31-56(75-8)59-57(76-9)33-41(5)63(73,80-59)60(70)61(71)66-22-12-11-13-51(66)62(72)79-58(42(6)54(37-52(44)69)78-48-16-18-50-46(36-48)21-24-65(50)26-28-68)40(4)32-43-14-19-53(55(34-43)74-7)77-47-15-17-49-45(35-47)20-23-64(49)25-27-67/h15-18,20-21,23-24,30,32,35-36,39,41-44,51,53-59,67-68,73H,10-14,19,22,25-29,31,33-34,37H2,1-9H3/b38-30+,40-32+/t39-,41+,42+,43-,44+,51-,53+,54-,55+,56-,57-,58+,59?,63+/m0/s1. The fraction of sp³-hybridized carbons (Fsp3) is 0.619. The van der Waals surface area contributed by atoms with E-state index in [2.05, 4.69) is 13.0 Å². The Balaban J connectivity index is 1.16. The molecule has 1 aliphatic carbocycles. The number of amides is 1. The molecule has 2 aromatic heterocycles. The molecule has 0 spiro atoms. The van der Waals surface area contributed by atoms with Crippen LogP contribution in [0.5, 0.6) is 11.5 Å². The summed E-state index contributed by atoms with van der Waals surface area (Å²) in [5.41, 5.74) is 3.65. The van der Waals surface area contributed by atoms with Crippen LogP contribution in [0.2, 0.25) is 0 Å². The molecule has 17 heteroatoms. The van der Waals surface area contributed by atoms with Crippen LogP contribution in [-0.4, -0.2) is 148 Å². The SMILES string of the molecule is CC[C@@H]1/C=C(\C)C[C@H](C)C[C@H](OC)C2O[C@@](O)(C(=O)C(=O)N3CCCC[C@H]3C(=O)O[C@H](/C(C)=C/[C@@H]3CC[C@@H](Oc4ccc5c(ccn5CCO)c4)[C@H](OC)C3)[C@H](C)[C@@H](Oc3ccc4c(ccn4CCO)c3)CC1=O)[C@H](C)C[C@@H]2OC. The summed E-state index contributed by atoms with van der Waals surface area (Å²) in [6, 6.07) is 14.4. The van der Waals surface area contributed by atoms with Crippen molar-refractivity contribution in [3.05, 3.63) is 84.2 Å². The fourth-order valence-electron chi connectivity index (χ4n) is 13.1. The largest absolute Gasteiger partial charge is 0.490 e. The zero-order chi connectivity index (χ0) is 57.4. The molecule has 4 aromatic rings. The van der Waals surface area contributed by atoms with Crippen molar-refractivity contribution in [1.82, 2.24) is 14.0 Å². The molecule has 2 bridgehead atoms. The van der Waals surface area contributed by atoms with E-state index in [9.17, 15) is 29.7 Å². The maximum atomic E-state index is 15.2. The molecule has 0 radical (unpaired) electrons. The molecule has 1 amide bonds. The van der Waals surface area contributed by atoms with Gasteiger partial charge in [-0.05, 0) is 144 Å². The summed E-state index contributed by atoms with van der Waals surface area (Å²) < 4.78 is 48.8. The molecule has 1 unspecified atom stereocenters. The third kappa shape index (κ3) is 13.6. The molecule has 3 N–H and O–H groups in total. The van der Waals surface area contributed by atoms with Gasteiger partial charge in [-0.15, -0.1) is 0 Å². The van der Waals surface area contributed by atoms with Crippen LogP contribution in [0.4, 0.5) is 0 Å². The van der Waals surface area contributed by atoms with Gasteiger partial charge in [-0.2, -0.15) is 0 Å². The van der Waals surface area contributed by atoms with Gasteiger partial charge in [0.15, 0.2) is 0 Å². The molecule has 438 valence electrons. The number of aliphatic hydroxyl groups excluding tert-OH is 2. The first-order valence-corrected chi connectivity index (χ1v) is 29.1. The van der Waals surface area contributed by atoms with Crippen LogP contribution >= 0.6 is 0 Å². The van der Waals surface area contributed by atoms with Gasteiger partial charge in [0.25, 0.3) is 11.7 Å². The van der Waals surface area contributed by atoms with Gasteiger partial charge >= 0.3 is 5.97 Å². The number of ether oxygens (including phenoxy) is 7. The number of rotatable bonds is 14. The number of Topliss-reactive ketones (excluding diaryl/α,β-unsaturated/α-hetero) is 2. The van der Waals surface area contributed by atoms with Crippen LogP contribution in [0.1, 0.15) is 112 Å².